The van der Waals surface area contributed by atoms with Crippen molar-refractivity contribution in [2.24, 2.45) is 0 Å². The minimum atomic E-state index is -4.03. The number of rotatable bonds is 13. The molecule has 7 nitrogen and oxygen atoms in total. The lowest BCUT2D eigenvalue weighted by Gasteiger charge is -2.22. The van der Waals surface area contributed by atoms with E-state index in [1.807, 2.05) is 60.3 Å². The number of aryl methyl sites for hydroxylation is 1. The standard InChI is InChI=1S/C31H38N4O3S/c1-6-8-9-10-14-25(7-2)27-17-18-29(28-16-12-11-15-26(28)21-35-20-13-19-32-35)30(23(27)4)39(36,37)34-31-22(3)24(5)38-33-31/h7,11-13,15-20,25H,2,6,8-10,14,21H2,1,3-5H3,(H,33,34). The average molecular weight is 547 g/mol. The van der Waals surface area contributed by atoms with Gasteiger partial charge in [-0.3, -0.25) is 9.40 Å². The van der Waals surface area contributed by atoms with Gasteiger partial charge in [0.2, 0.25) is 0 Å². The van der Waals surface area contributed by atoms with E-state index in [-0.39, 0.29) is 16.6 Å². The summed E-state index contributed by atoms with van der Waals surface area (Å²) < 4.78 is 38.0. The van der Waals surface area contributed by atoms with Crippen LogP contribution in [0.1, 0.15) is 73.0 Å². The number of aromatic nitrogens is 3. The quantitative estimate of drug-likeness (QED) is 0.138. The lowest BCUT2D eigenvalue weighted by atomic mass is 9.87. The van der Waals surface area contributed by atoms with Gasteiger partial charge in [0.15, 0.2) is 5.82 Å². The van der Waals surface area contributed by atoms with Crippen molar-refractivity contribution in [2.75, 3.05) is 4.72 Å². The fraction of sp³-hybridized carbons (Fsp3) is 0.355. The molecule has 0 spiro atoms. The second-order valence-corrected chi connectivity index (χ2v) is 11.6. The van der Waals surface area contributed by atoms with Crippen molar-refractivity contribution in [1.82, 2.24) is 14.9 Å². The second kappa shape index (κ2) is 12.5. The highest BCUT2D eigenvalue weighted by molar-refractivity contribution is 7.93. The monoisotopic (exact) mass is 546 g/mol. The Morgan fingerprint density at radius 1 is 1.03 bits per heavy atom. The molecule has 39 heavy (non-hydrogen) atoms. The van der Waals surface area contributed by atoms with Crippen LogP contribution < -0.4 is 4.72 Å². The van der Waals surface area contributed by atoms with E-state index >= 15 is 0 Å². The third-order valence-electron chi connectivity index (χ3n) is 7.36. The van der Waals surface area contributed by atoms with Gasteiger partial charge in [-0.15, -0.1) is 6.58 Å². The fourth-order valence-electron chi connectivity index (χ4n) is 5.04. The Kier molecular flexibility index (Phi) is 9.07. The summed E-state index contributed by atoms with van der Waals surface area (Å²) >= 11 is 0. The number of allylic oxidation sites excluding steroid dienone is 1. The molecule has 0 fully saturated rings. The van der Waals surface area contributed by atoms with Crippen LogP contribution in [0.3, 0.4) is 0 Å². The van der Waals surface area contributed by atoms with Crippen LogP contribution in [0.5, 0.6) is 0 Å². The van der Waals surface area contributed by atoms with Gasteiger partial charge < -0.3 is 4.52 Å². The predicted molar refractivity (Wildman–Crippen MR) is 156 cm³/mol. The number of benzene rings is 2. The second-order valence-electron chi connectivity index (χ2n) is 10.0. The minimum Gasteiger partial charge on any atom is -0.359 e. The summed E-state index contributed by atoms with van der Waals surface area (Å²) in [5, 5.41) is 8.31. The molecule has 1 N–H and O–H groups in total. The van der Waals surface area contributed by atoms with Crippen molar-refractivity contribution in [3.8, 4) is 11.1 Å². The Labute approximate surface area is 232 Å². The highest BCUT2D eigenvalue weighted by Crippen LogP contribution is 2.39. The molecule has 0 aliphatic carbocycles. The van der Waals surface area contributed by atoms with Crippen molar-refractivity contribution in [2.45, 2.75) is 77.2 Å². The molecule has 0 aliphatic rings. The van der Waals surface area contributed by atoms with E-state index in [4.69, 9.17) is 4.52 Å². The highest BCUT2D eigenvalue weighted by atomic mass is 32.2. The van der Waals surface area contributed by atoms with Gasteiger partial charge in [0.25, 0.3) is 10.0 Å². The molecule has 8 heteroatoms. The van der Waals surface area contributed by atoms with Crippen LogP contribution >= 0.6 is 0 Å². The summed E-state index contributed by atoms with van der Waals surface area (Å²) in [4.78, 5) is 0.244. The zero-order valence-corrected chi connectivity index (χ0v) is 24.1. The molecule has 206 valence electrons. The normalized spacial score (nSPS) is 12.4. The molecule has 2 heterocycles. The van der Waals surface area contributed by atoms with Crippen molar-refractivity contribution < 1.29 is 12.9 Å². The van der Waals surface area contributed by atoms with Crippen LogP contribution in [-0.2, 0) is 16.6 Å². The lowest BCUT2D eigenvalue weighted by Crippen LogP contribution is -2.18. The number of unbranched alkanes of at least 4 members (excludes halogenated alkanes) is 3. The zero-order valence-electron chi connectivity index (χ0n) is 23.3. The Hall–Kier alpha value is -3.65. The first-order valence-electron chi connectivity index (χ1n) is 13.5. The van der Waals surface area contributed by atoms with Crippen molar-refractivity contribution in [3.05, 3.63) is 95.5 Å². The van der Waals surface area contributed by atoms with Gasteiger partial charge in [-0.25, -0.2) is 8.42 Å². The van der Waals surface area contributed by atoms with E-state index in [0.29, 0.717) is 29.0 Å². The summed E-state index contributed by atoms with van der Waals surface area (Å²) in [5.41, 5.74) is 4.80. The third-order valence-corrected chi connectivity index (χ3v) is 8.88. The number of hydrogen-bond donors (Lipinski definition) is 1. The number of hydrogen-bond acceptors (Lipinski definition) is 5. The van der Waals surface area contributed by atoms with Crippen molar-refractivity contribution >= 4 is 15.8 Å². The Morgan fingerprint density at radius 3 is 2.49 bits per heavy atom. The molecule has 2 aromatic heterocycles. The van der Waals surface area contributed by atoms with E-state index in [2.05, 4.69) is 34.5 Å². The van der Waals surface area contributed by atoms with Crippen LogP contribution in [0.15, 0.2) is 76.9 Å². The maximum absolute atomic E-state index is 14.1. The third kappa shape index (κ3) is 6.33. The zero-order chi connectivity index (χ0) is 28.0. The predicted octanol–water partition coefficient (Wildman–Crippen LogP) is 7.55. The maximum atomic E-state index is 14.1. The maximum Gasteiger partial charge on any atom is 0.264 e. The first kappa shape index (κ1) is 28.4. The highest BCUT2D eigenvalue weighted by Gasteiger charge is 2.28. The average Bonchev–Trinajstić information content (AvgIpc) is 3.54. The first-order chi connectivity index (χ1) is 18.8. The van der Waals surface area contributed by atoms with E-state index in [9.17, 15) is 8.42 Å². The van der Waals surface area contributed by atoms with Gasteiger partial charge in [0.05, 0.1) is 11.4 Å². The molecule has 0 radical (unpaired) electrons. The lowest BCUT2D eigenvalue weighted by molar-refractivity contribution is 0.399. The summed E-state index contributed by atoms with van der Waals surface area (Å²) in [6, 6.07) is 13.7. The van der Waals surface area contributed by atoms with E-state index in [0.717, 1.165) is 36.0 Å². The number of nitrogens with zero attached hydrogens (tertiary/aromatic N) is 3. The van der Waals surface area contributed by atoms with Crippen LogP contribution in [0.25, 0.3) is 11.1 Å². The molecule has 0 bridgehead atoms. The largest absolute Gasteiger partial charge is 0.359 e. The van der Waals surface area contributed by atoms with Crippen LogP contribution in [0, 0.1) is 20.8 Å². The van der Waals surface area contributed by atoms with Crippen molar-refractivity contribution in [1.29, 1.82) is 0 Å². The molecule has 0 saturated heterocycles. The van der Waals surface area contributed by atoms with Crippen LogP contribution in [-0.4, -0.2) is 23.4 Å². The minimum absolute atomic E-state index is 0.0557. The summed E-state index contributed by atoms with van der Waals surface area (Å²) in [6.45, 7) is 12.2. The van der Waals surface area contributed by atoms with Crippen molar-refractivity contribution in [3.63, 3.8) is 0 Å². The van der Waals surface area contributed by atoms with Crippen LogP contribution in [0.4, 0.5) is 5.82 Å². The number of sulfonamides is 1. The molecule has 1 atom stereocenters. The van der Waals surface area contributed by atoms with Gasteiger partial charge in [-0.05, 0) is 55.5 Å². The molecular weight excluding hydrogens is 508 g/mol. The Bertz CT molecular complexity index is 1520. The molecule has 0 saturated carbocycles. The van der Waals surface area contributed by atoms with Gasteiger partial charge >= 0.3 is 0 Å². The van der Waals surface area contributed by atoms with E-state index in [1.165, 1.54) is 12.8 Å². The van der Waals surface area contributed by atoms with Gasteiger partial charge in [0.1, 0.15) is 5.76 Å². The summed E-state index contributed by atoms with van der Waals surface area (Å²) in [5.74, 6) is 0.829. The fourth-order valence-corrected chi connectivity index (χ4v) is 6.57. The molecule has 0 amide bonds. The van der Waals surface area contributed by atoms with Gasteiger partial charge in [0, 0.05) is 29.4 Å². The molecule has 2 aromatic carbocycles. The topological polar surface area (TPSA) is 90.0 Å². The Morgan fingerprint density at radius 2 is 1.82 bits per heavy atom. The summed E-state index contributed by atoms with van der Waals surface area (Å²) in [7, 11) is -4.03. The van der Waals surface area contributed by atoms with Gasteiger partial charge in [-0.2, -0.15) is 5.10 Å². The first-order valence-corrected chi connectivity index (χ1v) is 15.0. The Balaban J connectivity index is 1.85. The molecule has 1 unspecified atom stereocenters. The molecular formula is C31H38N4O3S. The van der Waals surface area contributed by atoms with Gasteiger partial charge in [-0.1, -0.05) is 80.2 Å². The SMILES string of the molecule is C=CC(CCCCCC)c1ccc(-c2ccccc2Cn2cccn2)c(S(=O)(=O)Nc2noc(C)c2C)c1C. The number of anilines is 1. The number of nitrogens with one attached hydrogen (secondary N) is 1. The van der Waals surface area contributed by atoms with Crippen LogP contribution in [0.2, 0.25) is 0 Å². The van der Waals surface area contributed by atoms with E-state index in [1.54, 1.807) is 20.0 Å². The van der Waals surface area contributed by atoms with E-state index < -0.39 is 10.0 Å². The molecule has 4 aromatic rings. The molecule has 4 rings (SSSR count). The summed E-state index contributed by atoms with van der Waals surface area (Å²) in [6.07, 6.45) is 11.1. The molecule has 0 aliphatic heterocycles. The smallest absolute Gasteiger partial charge is 0.264 e.